The van der Waals surface area contributed by atoms with Crippen molar-refractivity contribution in [2.45, 2.75) is 18.9 Å². The number of rotatable bonds is 5. The number of nitrogens with zero attached hydrogens (tertiary/aromatic N) is 4. The summed E-state index contributed by atoms with van der Waals surface area (Å²) in [6.07, 6.45) is 4.93. The summed E-state index contributed by atoms with van der Waals surface area (Å²) in [7, 11) is 0. The molecule has 9 heteroatoms. The van der Waals surface area contributed by atoms with Crippen molar-refractivity contribution in [1.29, 1.82) is 0 Å². The smallest absolute Gasteiger partial charge is 0.253 e. The van der Waals surface area contributed by atoms with Gasteiger partial charge in [-0.2, -0.15) is 4.98 Å². The number of likely N-dealkylation sites (tertiary alicyclic amines) is 1. The van der Waals surface area contributed by atoms with Gasteiger partial charge in [-0.25, -0.2) is 4.98 Å². The first-order chi connectivity index (χ1) is 16.5. The van der Waals surface area contributed by atoms with Crippen LogP contribution < -0.4 is 10.6 Å². The number of carbonyl (C=O) groups excluding carboxylic acids is 1. The number of carbonyl (C=O) groups is 1. The fourth-order valence-electron chi connectivity index (χ4n) is 4.09. The van der Waals surface area contributed by atoms with Gasteiger partial charge in [-0.1, -0.05) is 35.3 Å². The highest BCUT2D eigenvalue weighted by Gasteiger charge is 2.24. The second-order valence-electron chi connectivity index (χ2n) is 8.14. The summed E-state index contributed by atoms with van der Waals surface area (Å²) in [6.45, 7) is 1.35. The van der Waals surface area contributed by atoms with Crippen LogP contribution in [-0.4, -0.2) is 44.9 Å². The fourth-order valence-corrected chi connectivity index (χ4v) is 4.62. The molecule has 172 valence electrons. The molecule has 2 N–H and O–H groups in total. The predicted molar refractivity (Wildman–Crippen MR) is 136 cm³/mol. The van der Waals surface area contributed by atoms with Gasteiger partial charge >= 0.3 is 0 Å². The number of hydrogen-bond acceptors (Lipinski definition) is 6. The van der Waals surface area contributed by atoms with Crippen LogP contribution in [0.5, 0.6) is 0 Å². The average Bonchev–Trinajstić information content (AvgIpc) is 2.84. The van der Waals surface area contributed by atoms with Crippen molar-refractivity contribution in [3.63, 3.8) is 0 Å². The molecule has 0 aliphatic carbocycles. The number of halogens is 2. The van der Waals surface area contributed by atoms with Gasteiger partial charge in [0, 0.05) is 58.2 Å². The molecule has 1 aliphatic heterocycles. The summed E-state index contributed by atoms with van der Waals surface area (Å²) in [5, 5.41) is 8.78. The number of hydrogen-bond donors (Lipinski definition) is 2. The normalized spacial score (nSPS) is 14.2. The van der Waals surface area contributed by atoms with Crippen molar-refractivity contribution < 1.29 is 4.79 Å². The molecule has 1 aliphatic rings. The first kappa shape index (κ1) is 22.4. The van der Waals surface area contributed by atoms with Crippen molar-refractivity contribution in [1.82, 2.24) is 19.9 Å². The first-order valence-corrected chi connectivity index (χ1v) is 11.8. The molecule has 0 radical (unpaired) electrons. The van der Waals surface area contributed by atoms with Crippen molar-refractivity contribution in [2.24, 2.45) is 0 Å². The Morgan fingerprint density at radius 3 is 2.38 bits per heavy atom. The molecule has 3 heterocycles. The van der Waals surface area contributed by atoms with Crippen LogP contribution in [0.2, 0.25) is 10.0 Å². The summed E-state index contributed by atoms with van der Waals surface area (Å²) in [6, 6.07) is 16.8. The summed E-state index contributed by atoms with van der Waals surface area (Å²) in [5.41, 5.74) is 2.20. The maximum Gasteiger partial charge on any atom is 0.253 e. The van der Waals surface area contributed by atoms with Crippen LogP contribution in [0.25, 0.3) is 10.9 Å². The minimum atomic E-state index is 0.0417. The largest absolute Gasteiger partial charge is 0.367 e. The SMILES string of the molecule is O=C(c1ccncc1)N1CCC(Nc2nc(Nc3cc(Cl)cc(Cl)c3)nc3ccccc23)CC1. The van der Waals surface area contributed by atoms with E-state index in [4.69, 9.17) is 28.2 Å². The van der Waals surface area contributed by atoms with Crippen LogP contribution in [0.1, 0.15) is 23.2 Å². The lowest BCUT2D eigenvalue weighted by Crippen LogP contribution is -2.42. The lowest BCUT2D eigenvalue weighted by molar-refractivity contribution is 0.0718. The molecule has 1 amide bonds. The Morgan fingerprint density at radius 1 is 0.941 bits per heavy atom. The van der Waals surface area contributed by atoms with Gasteiger partial charge < -0.3 is 15.5 Å². The summed E-state index contributed by atoms with van der Waals surface area (Å²) >= 11 is 12.3. The third-order valence-electron chi connectivity index (χ3n) is 5.77. The molecule has 0 unspecified atom stereocenters. The van der Waals surface area contributed by atoms with E-state index >= 15 is 0 Å². The van der Waals surface area contributed by atoms with Crippen molar-refractivity contribution in [3.8, 4) is 0 Å². The van der Waals surface area contributed by atoms with Crippen LogP contribution in [0.15, 0.2) is 67.0 Å². The van der Waals surface area contributed by atoms with Crippen molar-refractivity contribution in [2.75, 3.05) is 23.7 Å². The van der Waals surface area contributed by atoms with Crippen LogP contribution in [0.3, 0.4) is 0 Å². The molecule has 34 heavy (non-hydrogen) atoms. The van der Waals surface area contributed by atoms with Gasteiger partial charge in [0.2, 0.25) is 5.95 Å². The van der Waals surface area contributed by atoms with Crippen molar-refractivity contribution >= 4 is 57.5 Å². The van der Waals surface area contributed by atoms with E-state index < -0.39 is 0 Å². The monoisotopic (exact) mass is 492 g/mol. The number of aromatic nitrogens is 3. The summed E-state index contributed by atoms with van der Waals surface area (Å²) < 4.78 is 0. The highest BCUT2D eigenvalue weighted by atomic mass is 35.5. The quantitative estimate of drug-likeness (QED) is 0.366. The second kappa shape index (κ2) is 9.83. The Bertz CT molecular complexity index is 1310. The van der Waals surface area contributed by atoms with Gasteiger partial charge in [0.25, 0.3) is 5.91 Å². The number of amides is 1. The second-order valence-corrected chi connectivity index (χ2v) is 9.02. The van der Waals surface area contributed by atoms with E-state index in [9.17, 15) is 4.79 Å². The molecule has 0 spiro atoms. The molecule has 0 saturated carbocycles. The highest BCUT2D eigenvalue weighted by molar-refractivity contribution is 6.35. The van der Waals surface area contributed by atoms with E-state index in [2.05, 4.69) is 20.6 Å². The standard InChI is InChI=1S/C25H22Cl2N6O/c26-17-13-18(27)15-20(14-17)30-25-31-22-4-2-1-3-21(22)23(32-25)29-19-7-11-33(12-8-19)24(34)16-5-9-28-10-6-16/h1-6,9-10,13-15,19H,7-8,11-12H2,(H2,29,30,31,32). The maximum atomic E-state index is 12.7. The van der Waals surface area contributed by atoms with E-state index in [1.165, 1.54) is 0 Å². The molecular weight excluding hydrogens is 471 g/mol. The maximum absolute atomic E-state index is 12.7. The Kier molecular flexibility index (Phi) is 6.47. The third kappa shape index (κ3) is 5.05. The van der Waals surface area contributed by atoms with Gasteiger partial charge in [0.15, 0.2) is 0 Å². The minimum absolute atomic E-state index is 0.0417. The molecule has 0 atom stereocenters. The van der Waals surface area contributed by atoms with Crippen LogP contribution in [0.4, 0.5) is 17.5 Å². The molecular formula is C25H22Cl2N6O. The fraction of sp³-hybridized carbons (Fsp3) is 0.200. The number of piperidine rings is 1. The molecule has 2 aromatic carbocycles. The van der Waals surface area contributed by atoms with E-state index in [-0.39, 0.29) is 11.9 Å². The number of fused-ring (bicyclic) bond motifs is 1. The van der Waals surface area contributed by atoms with Crippen LogP contribution >= 0.6 is 23.2 Å². The van der Waals surface area contributed by atoms with Gasteiger partial charge in [-0.15, -0.1) is 0 Å². The molecule has 2 aromatic heterocycles. The van der Waals surface area contributed by atoms with Crippen LogP contribution in [0, 0.1) is 0 Å². The van der Waals surface area contributed by atoms with Crippen LogP contribution in [-0.2, 0) is 0 Å². The lowest BCUT2D eigenvalue weighted by Gasteiger charge is -2.33. The minimum Gasteiger partial charge on any atom is -0.367 e. The molecule has 5 rings (SSSR count). The zero-order valence-corrected chi connectivity index (χ0v) is 19.7. The first-order valence-electron chi connectivity index (χ1n) is 11.0. The van der Waals surface area contributed by atoms with Gasteiger partial charge in [-0.3, -0.25) is 9.78 Å². The topological polar surface area (TPSA) is 83.0 Å². The Balaban J connectivity index is 1.33. The van der Waals surface area contributed by atoms with E-state index in [1.807, 2.05) is 29.2 Å². The zero-order chi connectivity index (χ0) is 23.5. The zero-order valence-electron chi connectivity index (χ0n) is 18.2. The summed E-state index contributed by atoms with van der Waals surface area (Å²) in [4.78, 5) is 28.0. The number of anilines is 3. The number of pyridine rings is 1. The third-order valence-corrected chi connectivity index (χ3v) is 6.21. The Labute approximate surface area is 207 Å². The van der Waals surface area contributed by atoms with Crippen molar-refractivity contribution in [3.05, 3.63) is 82.6 Å². The van der Waals surface area contributed by atoms with Gasteiger partial charge in [0.1, 0.15) is 5.82 Å². The predicted octanol–water partition coefficient (Wildman–Crippen LogP) is 5.79. The Hall–Kier alpha value is -3.42. The molecule has 1 fully saturated rings. The van der Waals surface area contributed by atoms with Gasteiger partial charge in [-0.05, 0) is 55.3 Å². The molecule has 0 bridgehead atoms. The number of para-hydroxylation sites is 1. The van der Waals surface area contributed by atoms with E-state index in [0.717, 1.165) is 29.6 Å². The average molecular weight is 493 g/mol. The number of nitrogens with one attached hydrogen (secondary N) is 2. The van der Waals surface area contributed by atoms with E-state index in [1.54, 1.807) is 42.7 Å². The van der Waals surface area contributed by atoms with Gasteiger partial charge in [0.05, 0.1) is 5.52 Å². The summed E-state index contributed by atoms with van der Waals surface area (Å²) in [5.74, 6) is 1.24. The molecule has 7 nitrogen and oxygen atoms in total. The lowest BCUT2D eigenvalue weighted by atomic mass is 10.0. The molecule has 4 aromatic rings. The molecule has 1 saturated heterocycles. The number of benzene rings is 2. The Morgan fingerprint density at radius 2 is 1.65 bits per heavy atom. The van der Waals surface area contributed by atoms with E-state index in [0.29, 0.717) is 40.3 Å². The highest BCUT2D eigenvalue weighted by Crippen LogP contribution is 2.28.